The Morgan fingerprint density at radius 2 is 1.80 bits per heavy atom. The minimum atomic E-state index is 0.401. The van der Waals surface area contributed by atoms with Crippen LogP contribution in [0.3, 0.4) is 0 Å². The van der Waals surface area contributed by atoms with Crippen LogP contribution in [0.4, 0.5) is 0 Å². The molecule has 4 atom stereocenters. The standard InChI is InChI=1S/C12H24N2O/c1-9-4-13-5-12(9)8-14-6-10(2)15-11(3)7-14/h9-13H,4-8H2,1-3H3. The molecule has 3 heteroatoms. The lowest BCUT2D eigenvalue weighted by Crippen LogP contribution is -2.47. The largest absolute Gasteiger partial charge is 0.373 e. The number of hydrogen-bond donors (Lipinski definition) is 1. The Morgan fingerprint density at radius 3 is 2.33 bits per heavy atom. The highest BCUT2D eigenvalue weighted by Crippen LogP contribution is 2.19. The third-order valence-corrected chi connectivity index (χ3v) is 3.67. The van der Waals surface area contributed by atoms with Crippen LogP contribution in [0.15, 0.2) is 0 Å². The van der Waals surface area contributed by atoms with Gasteiger partial charge in [0.2, 0.25) is 0 Å². The average Bonchev–Trinajstić information content (AvgIpc) is 2.50. The van der Waals surface area contributed by atoms with Crippen molar-refractivity contribution in [2.24, 2.45) is 11.8 Å². The minimum absolute atomic E-state index is 0.401. The van der Waals surface area contributed by atoms with Gasteiger partial charge in [-0.2, -0.15) is 0 Å². The number of hydrogen-bond acceptors (Lipinski definition) is 3. The molecule has 2 saturated heterocycles. The van der Waals surface area contributed by atoms with E-state index in [1.165, 1.54) is 19.6 Å². The zero-order valence-electron chi connectivity index (χ0n) is 10.2. The summed E-state index contributed by atoms with van der Waals surface area (Å²) in [6.07, 6.45) is 0.803. The van der Waals surface area contributed by atoms with E-state index in [1.807, 2.05) is 0 Å². The Bertz CT molecular complexity index is 200. The molecule has 2 heterocycles. The molecule has 15 heavy (non-hydrogen) atoms. The summed E-state index contributed by atoms with van der Waals surface area (Å²) in [4.78, 5) is 2.58. The van der Waals surface area contributed by atoms with Crippen molar-refractivity contribution < 1.29 is 4.74 Å². The smallest absolute Gasteiger partial charge is 0.0678 e. The molecule has 0 spiro atoms. The summed E-state index contributed by atoms with van der Waals surface area (Å²) in [6, 6.07) is 0. The number of nitrogens with one attached hydrogen (secondary N) is 1. The Balaban J connectivity index is 1.83. The molecule has 88 valence electrons. The summed E-state index contributed by atoms with van der Waals surface area (Å²) in [5, 5.41) is 3.48. The van der Waals surface area contributed by atoms with Crippen LogP contribution in [0, 0.1) is 11.8 Å². The first-order valence-corrected chi connectivity index (χ1v) is 6.23. The third-order valence-electron chi connectivity index (χ3n) is 3.67. The first-order valence-electron chi connectivity index (χ1n) is 6.23. The highest BCUT2D eigenvalue weighted by molar-refractivity contribution is 4.83. The van der Waals surface area contributed by atoms with E-state index in [1.54, 1.807) is 0 Å². The van der Waals surface area contributed by atoms with Crippen molar-refractivity contribution in [3.63, 3.8) is 0 Å². The van der Waals surface area contributed by atoms with E-state index in [-0.39, 0.29) is 0 Å². The van der Waals surface area contributed by atoms with Crippen molar-refractivity contribution in [2.75, 3.05) is 32.7 Å². The van der Waals surface area contributed by atoms with Crippen molar-refractivity contribution in [1.29, 1.82) is 0 Å². The van der Waals surface area contributed by atoms with Crippen LogP contribution < -0.4 is 5.32 Å². The molecule has 0 amide bonds. The Morgan fingerprint density at radius 1 is 1.13 bits per heavy atom. The maximum Gasteiger partial charge on any atom is 0.0678 e. The van der Waals surface area contributed by atoms with Crippen LogP contribution in [0.1, 0.15) is 20.8 Å². The molecule has 2 fully saturated rings. The fourth-order valence-corrected chi connectivity index (χ4v) is 2.87. The number of rotatable bonds is 2. The SMILES string of the molecule is CC1CN(CC2CNCC2C)CC(C)O1. The van der Waals surface area contributed by atoms with E-state index in [9.17, 15) is 0 Å². The summed E-state index contributed by atoms with van der Waals surface area (Å²) >= 11 is 0. The van der Waals surface area contributed by atoms with Gasteiger partial charge < -0.3 is 10.1 Å². The first kappa shape index (κ1) is 11.4. The quantitative estimate of drug-likeness (QED) is 0.737. The lowest BCUT2D eigenvalue weighted by atomic mass is 9.97. The maximum absolute atomic E-state index is 5.75. The lowest BCUT2D eigenvalue weighted by molar-refractivity contribution is -0.0718. The molecule has 0 aromatic heterocycles. The summed E-state index contributed by atoms with van der Waals surface area (Å²) in [6.45, 7) is 12.6. The van der Waals surface area contributed by atoms with Gasteiger partial charge in [-0.3, -0.25) is 4.90 Å². The van der Waals surface area contributed by atoms with Gasteiger partial charge in [-0.25, -0.2) is 0 Å². The van der Waals surface area contributed by atoms with Crippen molar-refractivity contribution in [2.45, 2.75) is 33.0 Å². The molecule has 2 aliphatic heterocycles. The van der Waals surface area contributed by atoms with Gasteiger partial charge in [0, 0.05) is 19.6 Å². The van der Waals surface area contributed by atoms with Gasteiger partial charge in [0.05, 0.1) is 12.2 Å². The van der Waals surface area contributed by atoms with Gasteiger partial charge in [-0.1, -0.05) is 6.92 Å². The van der Waals surface area contributed by atoms with Crippen molar-refractivity contribution in [3.8, 4) is 0 Å². The van der Waals surface area contributed by atoms with E-state index in [0.717, 1.165) is 24.9 Å². The molecular formula is C12H24N2O. The van der Waals surface area contributed by atoms with Crippen LogP contribution in [0.2, 0.25) is 0 Å². The summed E-state index contributed by atoms with van der Waals surface area (Å²) in [7, 11) is 0. The van der Waals surface area contributed by atoms with Gasteiger partial charge in [-0.05, 0) is 38.8 Å². The highest BCUT2D eigenvalue weighted by Gasteiger charge is 2.28. The zero-order valence-corrected chi connectivity index (χ0v) is 10.2. The molecule has 3 nitrogen and oxygen atoms in total. The molecular weight excluding hydrogens is 188 g/mol. The summed E-state index contributed by atoms with van der Waals surface area (Å²) < 4.78 is 5.75. The molecule has 0 bridgehead atoms. The second-order valence-electron chi connectivity index (χ2n) is 5.37. The van der Waals surface area contributed by atoms with Crippen LogP contribution in [0.25, 0.3) is 0 Å². The summed E-state index contributed by atoms with van der Waals surface area (Å²) in [5.74, 6) is 1.67. The highest BCUT2D eigenvalue weighted by atomic mass is 16.5. The normalized spacial score (nSPS) is 43.4. The van der Waals surface area contributed by atoms with Crippen molar-refractivity contribution in [3.05, 3.63) is 0 Å². The molecule has 4 unspecified atom stereocenters. The topological polar surface area (TPSA) is 24.5 Å². The van der Waals surface area contributed by atoms with Gasteiger partial charge in [0.1, 0.15) is 0 Å². The van der Waals surface area contributed by atoms with Gasteiger partial charge in [-0.15, -0.1) is 0 Å². The number of nitrogens with zero attached hydrogens (tertiary/aromatic N) is 1. The average molecular weight is 212 g/mol. The number of ether oxygens (including phenoxy) is 1. The van der Waals surface area contributed by atoms with Crippen LogP contribution in [0.5, 0.6) is 0 Å². The van der Waals surface area contributed by atoms with E-state index >= 15 is 0 Å². The Kier molecular flexibility index (Phi) is 3.65. The monoisotopic (exact) mass is 212 g/mol. The van der Waals surface area contributed by atoms with Crippen molar-refractivity contribution in [1.82, 2.24) is 10.2 Å². The molecule has 0 aliphatic carbocycles. The molecule has 0 saturated carbocycles. The van der Waals surface area contributed by atoms with E-state index in [4.69, 9.17) is 4.74 Å². The van der Waals surface area contributed by atoms with Gasteiger partial charge >= 0.3 is 0 Å². The molecule has 0 radical (unpaired) electrons. The van der Waals surface area contributed by atoms with Crippen LogP contribution >= 0.6 is 0 Å². The predicted octanol–water partition coefficient (Wildman–Crippen LogP) is 0.951. The molecule has 2 rings (SSSR count). The molecule has 1 N–H and O–H groups in total. The van der Waals surface area contributed by atoms with Gasteiger partial charge in [0.15, 0.2) is 0 Å². The first-order chi connectivity index (χ1) is 7.15. The molecule has 2 aliphatic rings. The van der Waals surface area contributed by atoms with E-state index in [0.29, 0.717) is 12.2 Å². The molecule has 0 aromatic carbocycles. The fraction of sp³-hybridized carbons (Fsp3) is 1.00. The lowest BCUT2D eigenvalue weighted by Gasteiger charge is -2.37. The maximum atomic E-state index is 5.75. The van der Waals surface area contributed by atoms with E-state index < -0.39 is 0 Å². The minimum Gasteiger partial charge on any atom is -0.373 e. The van der Waals surface area contributed by atoms with Crippen molar-refractivity contribution >= 4 is 0 Å². The zero-order chi connectivity index (χ0) is 10.8. The third kappa shape index (κ3) is 2.92. The van der Waals surface area contributed by atoms with Crippen LogP contribution in [-0.4, -0.2) is 49.8 Å². The fourth-order valence-electron chi connectivity index (χ4n) is 2.87. The van der Waals surface area contributed by atoms with Crippen LogP contribution in [-0.2, 0) is 4.74 Å². The number of morpholine rings is 1. The molecule has 0 aromatic rings. The van der Waals surface area contributed by atoms with E-state index in [2.05, 4.69) is 31.0 Å². The van der Waals surface area contributed by atoms with Gasteiger partial charge in [0.25, 0.3) is 0 Å². The Hall–Kier alpha value is -0.120. The Labute approximate surface area is 93.2 Å². The predicted molar refractivity (Wildman–Crippen MR) is 62.0 cm³/mol. The second-order valence-corrected chi connectivity index (χ2v) is 5.37. The second kappa shape index (κ2) is 4.81. The summed E-state index contributed by atoms with van der Waals surface area (Å²) in [5.41, 5.74) is 0.